The number of halogens is 1. The molecule has 0 fully saturated rings. The number of amides is 2. The number of aryl methyl sites for hydroxylation is 1. The molecule has 0 radical (unpaired) electrons. The van der Waals surface area contributed by atoms with Crippen LogP contribution in [0.1, 0.15) is 51.7 Å². The quantitative estimate of drug-likeness (QED) is 0.242. The first kappa shape index (κ1) is 32.9. The van der Waals surface area contributed by atoms with Crippen LogP contribution < -0.4 is 14.4 Å². The highest BCUT2D eigenvalue weighted by Crippen LogP contribution is 2.27. The van der Waals surface area contributed by atoms with E-state index in [4.69, 9.17) is 16.3 Å². The Morgan fingerprint density at radius 3 is 2.19 bits per heavy atom. The lowest BCUT2D eigenvalue weighted by atomic mass is 10.1. The Morgan fingerprint density at radius 1 is 0.952 bits per heavy atom. The van der Waals surface area contributed by atoms with Gasteiger partial charge in [0.2, 0.25) is 11.8 Å². The third-order valence-corrected chi connectivity index (χ3v) is 8.98. The van der Waals surface area contributed by atoms with Crippen LogP contribution in [0.15, 0.2) is 77.7 Å². The van der Waals surface area contributed by atoms with Gasteiger partial charge in [-0.2, -0.15) is 0 Å². The summed E-state index contributed by atoms with van der Waals surface area (Å²) in [5.74, 6) is -0.208. The van der Waals surface area contributed by atoms with Gasteiger partial charge in [0, 0.05) is 17.6 Å². The number of nitrogens with one attached hydrogen (secondary N) is 1. The van der Waals surface area contributed by atoms with Crippen molar-refractivity contribution in [2.24, 2.45) is 0 Å². The van der Waals surface area contributed by atoms with E-state index >= 15 is 0 Å². The molecule has 10 heteroatoms. The zero-order chi connectivity index (χ0) is 30.9. The number of nitrogens with zero attached hydrogens (tertiary/aromatic N) is 2. The molecule has 0 spiro atoms. The normalized spacial score (nSPS) is 12.7. The molecule has 0 unspecified atom stereocenters. The first-order chi connectivity index (χ1) is 20.0. The molecule has 0 heterocycles. The van der Waals surface area contributed by atoms with E-state index in [-0.39, 0.29) is 29.1 Å². The van der Waals surface area contributed by atoms with Crippen molar-refractivity contribution in [2.75, 3.05) is 17.5 Å². The Kier molecular flexibility index (Phi) is 11.8. The van der Waals surface area contributed by atoms with E-state index in [1.54, 1.807) is 24.3 Å². The van der Waals surface area contributed by atoms with Crippen molar-refractivity contribution in [3.63, 3.8) is 0 Å². The third kappa shape index (κ3) is 8.49. The van der Waals surface area contributed by atoms with E-state index < -0.39 is 28.5 Å². The third-order valence-electron chi connectivity index (χ3n) is 6.94. The zero-order valence-electron chi connectivity index (χ0n) is 24.8. The van der Waals surface area contributed by atoms with E-state index in [0.29, 0.717) is 23.8 Å². The summed E-state index contributed by atoms with van der Waals surface area (Å²) in [6.45, 7) is 9.61. The van der Waals surface area contributed by atoms with Crippen LogP contribution in [0, 0.1) is 6.92 Å². The molecule has 3 rings (SSSR count). The molecular weight excluding hydrogens is 574 g/mol. The molecule has 0 bridgehead atoms. The maximum atomic E-state index is 14.2. The highest BCUT2D eigenvalue weighted by molar-refractivity contribution is 7.92. The fourth-order valence-electron chi connectivity index (χ4n) is 4.51. The van der Waals surface area contributed by atoms with Gasteiger partial charge in [-0.15, -0.1) is 0 Å². The lowest BCUT2D eigenvalue weighted by Crippen LogP contribution is -2.53. The molecule has 0 aliphatic rings. The maximum absolute atomic E-state index is 14.2. The molecule has 3 aromatic rings. The molecule has 1 N–H and O–H groups in total. The second kappa shape index (κ2) is 15.1. The van der Waals surface area contributed by atoms with Crippen LogP contribution in [0.25, 0.3) is 0 Å². The average Bonchev–Trinajstić information content (AvgIpc) is 2.96. The molecule has 0 aromatic heterocycles. The summed E-state index contributed by atoms with van der Waals surface area (Å²) >= 11 is 6.03. The predicted octanol–water partition coefficient (Wildman–Crippen LogP) is 5.96. The summed E-state index contributed by atoms with van der Waals surface area (Å²) in [6, 6.07) is 19.1. The number of carbonyl (C=O) groups is 2. The van der Waals surface area contributed by atoms with Crippen LogP contribution in [-0.2, 0) is 26.2 Å². The van der Waals surface area contributed by atoms with Crippen molar-refractivity contribution in [1.82, 2.24) is 10.2 Å². The van der Waals surface area contributed by atoms with Crippen LogP contribution >= 0.6 is 11.6 Å². The maximum Gasteiger partial charge on any atom is 0.264 e. The molecule has 0 saturated heterocycles. The Bertz CT molecular complexity index is 1450. The lowest BCUT2D eigenvalue weighted by Gasteiger charge is -2.33. The Balaban J connectivity index is 2.06. The van der Waals surface area contributed by atoms with Gasteiger partial charge < -0.3 is 15.0 Å². The summed E-state index contributed by atoms with van der Waals surface area (Å²) in [6.07, 6.45) is 1.09. The Labute approximate surface area is 254 Å². The summed E-state index contributed by atoms with van der Waals surface area (Å²) in [4.78, 5) is 29.0. The molecule has 0 aliphatic heterocycles. The molecule has 2 atom stereocenters. The minimum atomic E-state index is -4.19. The molecule has 226 valence electrons. The topological polar surface area (TPSA) is 96.0 Å². The van der Waals surface area contributed by atoms with Crippen LogP contribution in [0.5, 0.6) is 5.75 Å². The van der Waals surface area contributed by atoms with E-state index in [1.807, 2.05) is 58.9 Å². The van der Waals surface area contributed by atoms with Crippen molar-refractivity contribution < 1.29 is 22.7 Å². The standard InChI is InChI=1S/C32H40ClN3O5S/c1-6-24(5)34-32(38)30(7-2)35(21-25-11-9-10-23(4)20-25)31(37)22-36(27-14-16-28(17-15-27)41-8-3)42(39,40)29-18-12-26(33)13-19-29/h9-20,24,30H,6-8,21-22H2,1-5H3,(H,34,38)/t24-,30+/m0/s1. The van der Waals surface area contributed by atoms with Crippen molar-refractivity contribution >= 4 is 39.1 Å². The van der Waals surface area contributed by atoms with Gasteiger partial charge in [0.05, 0.1) is 17.2 Å². The van der Waals surface area contributed by atoms with Crippen molar-refractivity contribution in [1.29, 1.82) is 0 Å². The number of carbonyl (C=O) groups excluding carboxylic acids is 2. The number of benzene rings is 3. The molecule has 2 amide bonds. The predicted molar refractivity (Wildman–Crippen MR) is 167 cm³/mol. The Morgan fingerprint density at radius 2 is 1.62 bits per heavy atom. The van der Waals surface area contributed by atoms with Crippen molar-refractivity contribution in [3.8, 4) is 5.75 Å². The van der Waals surface area contributed by atoms with Gasteiger partial charge in [-0.3, -0.25) is 13.9 Å². The second-order valence-electron chi connectivity index (χ2n) is 10.1. The molecule has 8 nitrogen and oxygen atoms in total. The molecular formula is C32H40ClN3O5S. The summed E-state index contributed by atoms with van der Waals surface area (Å²) < 4.78 is 34.5. The van der Waals surface area contributed by atoms with Gasteiger partial charge in [-0.25, -0.2) is 8.42 Å². The monoisotopic (exact) mass is 613 g/mol. The van der Waals surface area contributed by atoms with E-state index in [1.165, 1.54) is 29.2 Å². The van der Waals surface area contributed by atoms with Crippen LogP contribution in [0.3, 0.4) is 0 Å². The zero-order valence-corrected chi connectivity index (χ0v) is 26.4. The van der Waals surface area contributed by atoms with Gasteiger partial charge in [0.15, 0.2) is 0 Å². The van der Waals surface area contributed by atoms with E-state index in [0.717, 1.165) is 21.9 Å². The summed E-state index contributed by atoms with van der Waals surface area (Å²) in [7, 11) is -4.19. The largest absolute Gasteiger partial charge is 0.494 e. The molecule has 3 aromatic carbocycles. The van der Waals surface area contributed by atoms with Crippen LogP contribution in [-0.4, -0.2) is 50.4 Å². The highest BCUT2D eigenvalue weighted by atomic mass is 35.5. The minimum Gasteiger partial charge on any atom is -0.494 e. The number of anilines is 1. The number of ether oxygens (including phenoxy) is 1. The number of hydrogen-bond donors (Lipinski definition) is 1. The van der Waals surface area contributed by atoms with Crippen LogP contribution in [0.4, 0.5) is 5.69 Å². The van der Waals surface area contributed by atoms with Crippen molar-refractivity contribution in [2.45, 2.75) is 71.0 Å². The van der Waals surface area contributed by atoms with Gasteiger partial charge >= 0.3 is 0 Å². The summed E-state index contributed by atoms with van der Waals surface area (Å²) in [5.41, 5.74) is 2.14. The van der Waals surface area contributed by atoms with E-state index in [2.05, 4.69) is 5.32 Å². The fraction of sp³-hybridized carbons (Fsp3) is 0.375. The first-order valence-electron chi connectivity index (χ1n) is 14.2. The van der Waals surface area contributed by atoms with Crippen molar-refractivity contribution in [3.05, 3.63) is 88.9 Å². The van der Waals surface area contributed by atoms with Gasteiger partial charge in [-0.1, -0.05) is 55.3 Å². The highest BCUT2D eigenvalue weighted by Gasteiger charge is 2.34. The fourth-order valence-corrected chi connectivity index (χ4v) is 6.05. The molecule has 42 heavy (non-hydrogen) atoms. The lowest BCUT2D eigenvalue weighted by molar-refractivity contribution is -0.140. The average molecular weight is 614 g/mol. The second-order valence-corrected chi connectivity index (χ2v) is 12.4. The number of rotatable bonds is 14. The molecule has 0 saturated carbocycles. The minimum absolute atomic E-state index is 0.0135. The van der Waals surface area contributed by atoms with Gasteiger partial charge in [0.1, 0.15) is 18.3 Å². The van der Waals surface area contributed by atoms with Gasteiger partial charge in [-0.05, 0) is 87.7 Å². The number of hydrogen-bond acceptors (Lipinski definition) is 5. The van der Waals surface area contributed by atoms with Crippen LogP contribution in [0.2, 0.25) is 5.02 Å². The molecule has 0 aliphatic carbocycles. The van der Waals surface area contributed by atoms with E-state index in [9.17, 15) is 18.0 Å². The SMILES string of the molecule is CCOc1ccc(N(CC(=O)N(Cc2cccc(C)c2)[C@H](CC)C(=O)N[C@@H](C)CC)S(=O)(=O)c2ccc(Cl)cc2)cc1. The number of sulfonamides is 1. The van der Waals surface area contributed by atoms with Gasteiger partial charge in [0.25, 0.3) is 10.0 Å². The smallest absolute Gasteiger partial charge is 0.264 e. The Hall–Kier alpha value is -3.56. The first-order valence-corrected chi connectivity index (χ1v) is 16.0. The summed E-state index contributed by atoms with van der Waals surface area (Å²) in [5, 5.41) is 3.38.